The molecule has 0 aliphatic carbocycles. The van der Waals surface area contributed by atoms with E-state index in [9.17, 15) is 13.2 Å². The summed E-state index contributed by atoms with van der Waals surface area (Å²) in [4.78, 5) is 12.9. The number of sulfonamides is 1. The summed E-state index contributed by atoms with van der Waals surface area (Å²) in [5, 5.41) is 3.12. The molecule has 0 spiro atoms. The first-order valence-corrected chi connectivity index (χ1v) is 12.8. The highest BCUT2D eigenvalue weighted by molar-refractivity contribution is 7.89. The van der Waals surface area contributed by atoms with Gasteiger partial charge >= 0.3 is 0 Å². The van der Waals surface area contributed by atoms with Crippen LogP contribution in [0.15, 0.2) is 65.6 Å². The average molecular weight is 499 g/mol. The van der Waals surface area contributed by atoms with Gasteiger partial charge in [-0.25, -0.2) is 8.42 Å². The Morgan fingerprint density at radius 2 is 1.71 bits per heavy atom. The van der Waals surface area contributed by atoms with Gasteiger partial charge in [-0.3, -0.25) is 4.79 Å². The Labute approximate surface area is 203 Å². The maximum atomic E-state index is 13.7. The standard InChI is InChI=1S/C25H23ClN2O5S/c1-16-10-12-28(13-11-16)34(30,31)24-14-17-22(15-23(24)32-20-8-4-2-6-18(20)26)33-21-9-5-3-7-19(21)27-25(17)29/h2-9,14-16H,10-13H2,1H3,(H,27,29). The van der Waals surface area contributed by atoms with Crippen LogP contribution in [0.5, 0.6) is 23.0 Å². The van der Waals surface area contributed by atoms with Crippen LogP contribution in [-0.2, 0) is 10.0 Å². The van der Waals surface area contributed by atoms with Crippen molar-refractivity contribution in [3.8, 4) is 23.0 Å². The van der Waals surface area contributed by atoms with Crippen molar-refractivity contribution < 1.29 is 22.7 Å². The molecule has 0 unspecified atom stereocenters. The fraction of sp³-hybridized carbons (Fsp3) is 0.240. The molecule has 0 bridgehead atoms. The van der Waals surface area contributed by atoms with Crippen molar-refractivity contribution in [2.75, 3.05) is 18.4 Å². The van der Waals surface area contributed by atoms with E-state index in [0.717, 1.165) is 12.8 Å². The molecule has 2 aliphatic heterocycles. The molecule has 2 heterocycles. The van der Waals surface area contributed by atoms with E-state index in [0.29, 0.717) is 41.2 Å². The Hall–Kier alpha value is -3.07. The van der Waals surface area contributed by atoms with E-state index in [1.807, 2.05) is 0 Å². The van der Waals surface area contributed by atoms with Gasteiger partial charge in [0.25, 0.3) is 5.91 Å². The van der Waals surface area contributed by atoms with Crippen molar-refractivity contribution in [3.05, 3.63) is 71.2 Å². The zero-order valence-electron chi connectivity index (χ0n) is 18.5. The number of nitrogens with zero attached hydrogens (tertiary/aromatic N) is 1. The number of para-hydroxylation sites is 3. The smallest absolute Gasteiger partial charge is 0.259 e. The molecule has 1 amide bonds. The maximum Gasteiger partial charge on any atom is 0.259 e. The van der Waals surface area contributed by atoms with E-state index in [4.69, 9.17) is 21.1 Å². The Kier molecular flexibility index (Phi) is 5.97. The van der Waals surface area contributed by atoms with Crippen LogP contribution in [0, 0.1) is 5.92 Å². The minimum absolute atomic E-state index is 0.0395. The number of hydrogen-bond acceptors (Lipinski definition) is 5. The summed E-state index contributed by atoms with van der Waals surface area (Å²) in [6, 6.07) is 16.6. The topological polar surface area (TPSA) is 84.9 Å². The van der Waals surface area contributed by atoms with Gasteiger partial charge in [-0.05, 0) is 49.1 Å². The maximum absolute atomic E-state index is 13.7. The second-order valence-corrected chi connectivity index (χ2v) is 10.8. The van der Waals surface area contributed by atoms with Gasteiger partial charge in [-0.2, -0.15) is 4.31 Å². The highest BCUT2D eigenvalue weighted by atomic mass is 35.5. The van der Waals surface area contributed by atoms with Gasteiger partial charge in [0.1, 0.15) is 16.4 Å². The van der Waals surface area contributed by atoms with Crippen LogP contribution in [0.1, 0.15) is 30.1 Å². The molecule has 2 aliphatic rings. The number of carbonyl (C=O) groups excluding carboxylic acids is 1. The van der Waals surface area contributed by atoms with E-state index in [1.165, 1.54) is 16.4 Å². The number of halogens is 1. The molecule has 0 atom stereocenters. The molecule has 0 saturated carbocycles. The third kappa shape index (κ3) is 4.24. The van der Waals surface area contributed by atoms with Crippen LogP contribution in [0.25, 0.3) is 0 Å². The van der Waals surface area contributed by atoms with Gasteiger partial charge in [-0.1, -0.05) is 42.8 Å². The summed E-state index contributed by atoms with van der Waals surface area (Å²) in [5.41, 5.74) is 0.596. The first-order valence-electron chi connectivity index (χ1n) is 11.0. The van der Waals surface area contributed by atoms with Gasteiger partial charge in [0.05, 0.1) is 16.3 Å². The molecule has 1 saturated heterocycles. The van der Waals surface area contributed by atoms with Crippen molar-refractivity contribution in [1.82, 2.24) is 4.31 Å². The first kappa shape index (κ1) is 22.7. The average Bonchev–Trinajstić information content (AvgIpc) is 2.95. The lowest BCUT2D eigenvalue weighted by Crippen LogP contribution is -2.38. The van der Waals surface area contributed by atoms with Gasteiger partial charge < -0.3 is 14.8 Å². The zero-order chi connectivity index (χ0) is 23.9. The van der Waals surface area contributed by atoms with Crippen LogP contribution in [0.3, 0.4) is 0 Å². The number of nitrogens with one attached hydrogen (secondary N) is 1. The Bertz CT molecular complexity index is 1370. The zero-order valence-corrected chi connectivity index (χ0v) is 20.0. The molecule has 3 aromatic rings. The number of amides is 1. The van der Waals surface area contributed by atoms with Crippen LogP contribution in [0.4, 0.5) is 5.69 Å². The molecule has 9 heteroatoms. The van der Waals surface area contributed by atoms with E-state index < -0.39 is 15.9 Å². The molecular weight excluding hydrogens is 476 g/mol. The van der Waals surface area contributed by atoms with Crippen molar-refractivity contribution >= 4 is 33.2 Å². The Morgan fingerprint density at radius 3 is 2.47 bits per heavy atom. The lowest BCUT2D eigenvalue weighted by molar-refractivity contribution is 0.102. The van der Waals surface area contributed by atoms with E-state index in [1.54, 1.807) is 48.5 Å². The number of fused-ring (bicyclic) bond motifs is 2. The second-order valence-electron chi connectivity index (χ2n) is 8.47. The highest BCUT2D eigenvalue weighted by Gasteiger charge is 2.34. The normalized spacial score (nSPS) is 16.6. The number of ether oxygens (including phenoxy) is 2. The van der Waals surface area contributed by atoms with Gasteiger partial charge in [0, 0.05) is 19.2 Å². The largest absolute Gasteiger partial charge is 0.454 e. The van der Waals surface area contributed by atoms with E-state index in [2.05, 4.69) is 12.2 Å². The Balaban J connectivity index is 1.65. The summed E-state index contributed by atoms with van der Waals surface area (Å²) < 4.78 is 40.9. The minimum Gasteiger partial charge on any atom is -0.454 e. The lowest BCUT2D eigenvalue weighted by atomic mass is 10.0. The summed E-state index contributed by atoms with van der Waals surface area (Å²) in [6.07, 6.45) is 1.54. The van der Waals surface area contributed by atoms with E-state index in [-0.39, 0.29) is 22.0 Å². The number of hydrogen-bond donors (Lipinski definition) is 1. The van der Waals surface area contributed by atoms with E-state index >= 15 is 0 Å². The quantitative estimate of drug-likeness (QED) is 0.483. The minimum atomic E-state index is -3.96. The molecule has 5 rings (SSSR count). The van der Waals surface area contributed by atoms with Crippen LogP contribution < -0.4 is 14.8 Å². The molecule has 0 radical (unpaired) electrons. The summed E-state index contributed by atoms with van der Waals surface area (Å²) in [5.74, 6) is 0.960. The molecule has 176 valence electrons. The number of carbonyl (C=O) groups is 1. The summed E-state index contributed by atoms with van der Waals surface area (Å²) in [7, 11) is -3.96. The molecule has 1 N–H and O–H groups in total. The molecule has 3 aromatic carbocycles. The molecular formula is C25H23ClN2O5S. The van der Waals surface area contributed by atoms with Gasteiger partial charge in [0.15, 0.2) is 11.5 Å². The lowest BCUT2D eigenvalue weighted by Gasteiger charge is -2.30. The van der Waals surface area contributed by atoms with Crippen molar-refractivity contribution in [2.24, 2.45) is 5.92 Å². The predicted molar refractivity (Wildman–Crippen MR) is 130 cm³/mol. The van der Waals surface area contributed by atoms with Crippen LogP contribution >= 0.6 is 11.6 Å². The third-order valence-electron chi connectivity index (χ3n) is 6.06. The Morgan fingerprint density at radius 1 is 1.00 bits per heavy atom. The molecule has 0 aromatic heterocycles. The van der Waals surface area contributed by atoms with Crippen LogP contribution in [-0.4, -0.2) is 31.7 Å². The first-order chi connectivity index (χ1) is 16.3. The van der Waals surface area contributed by atoms with Gasteiger partial charge in [0.2, 0.25) is 10.0 Å². The van der Waals surface area contributed by atoms with Crippen LogP contribution in [0.2, 0.25) is 5.02 Å². The van der Waals surface area contributed by atoms with Crippen molar-refractivity contribution in [1.29, 1.82) is 0 Å². The summed E-state index contributed by atoms with van der Waals surface area (Å²) >= 11 is 6.28. The molecule has 7 nitrogen and oxygen atoms in total. The number of piperidine rings is 1. The predicted octanol–water partition coefficient (Wildman–Crippen LogP) is 5.91. The van der Waals surface area contributed by atoms with Crippen molar-refractivity contribution in [3.63, 3.8) is 0 Å². The molecule has 34 heavy (non-hydrogen) atoms. The fourth-order valence-electron chi connectivity index (χ4n) is 4.06. The molecule has 1 fully saturated rings. The monoisotopic (exact) mass is 498 g/mol. The number of anilines is 1. The van der Waals surface area contributed by atoms with Gasteiger partial charge in [-0.15, -0.1) is 0 Å². The summed E-state index contributed by atoms with van der Waals surface area (Å²) in [6.45, 7) is 2.91. The number of benzene rings is 3. The highest BCUT2D eigenvalue weighted by Crippen LogP contribution is 2.43. The third-order valence-corrected chi connectivity index (χ3v) is 8.29. The SMILES string of the molecule is CC1CCN(S(=O)(=O)c2cc3c(cc2Oc2ccccc2Cl)Oc2ccccc2NC3=O)CC1. The fourth-order valence-corrected chi connectivity index (χ4v) is 5.83. The second kappa shape index (κ2) is 8.94. The van der Waals surface area contributed by atoms with Crippen molar-refractivity contribution in [2.45, 2.75) is 24.7 Å². The number of rotatable bonds is 4.